The van der Waals surface area contributed by atoms with Gasteiger partial charge in [-0.05, 0) is 19.1 Å². The third-order valence-electron chi connectivity index (χ3n) is 2.77. The van der Waals surface area contributed by atoms with Gasteiger partial charge in [0.2, 0.25) is 5.95 Å². The van der Waals surface area contributed by atoms with Crippen LogP contribution in [-0.2, 0) is 6.18 Å². The molecule has 0 fully saturated rings. The van der Waals surface area contributed by atoms with Crippen LogP contribution in [0.1, 0.15) is 17.4 Å². The molecule has 2 aromatic rings. The second-order valence-electron chi connectivity index (χ2n) is 4.48. The number of aromatic nitrogens is 4. The van der Waals surface area contributed by atoms with Crippen molar-refractivity contribution < 1.29 is 22.0 Å². The van der Waals surface area contributed by atoms with Gasteiger partial charge in [0.15, 0.2) is 0 Å². The van der Waals surface area contributed by atoms with Gasteiger partial charge in [0.1, 0.15) is 11.7 Å². The lowest BCUT2D eigenvalue weighted by Crippen LogP contribution is -2.26. The molecule has 0 aliphatic heterocycles. The Labute approximate surface area is 122 Å². The molecule has 0 spiro atoms. The number of nitrogens with one attached hydrogen (secondary N) is 1. The van der Waals surface area contributed by atoms with Crippen molar-refractivity contribution in [2.24, 2.45) is 0 Å². The van der Waals surface area contributed by atoms with Crippen LogP contribution in [-0.4, -0.2) is 32.7 Å². The molecular formula is C12H12F5N5. The largest absolute Gasteiger partial charge is 0.433 e. The highest BCUT2D eigenvalue weighted by Gasteiger charge is 2.33. The first kappa shape index (κ1) is 16.1. The van der Waals surface area contributed by atoms with Crippen LogP contribution in [0.3, 0.4) is 0 Å². The van der Waals surface area contributed by atoms with E-state index in [1.54, 1.807) is 0 Å². The Balaban J connectivity index is 2.15. The molecule has 0 amide bonds. The highest BCUT2D eigenvalue weighted by molar-refractivity contribution is 5.29. The van der Waals surface area contributed by atoms with E-state index < -0.39 is 24.3 Å². The second-order valence-corrected chi connectivity index (χ2v) is 4.48. The van der Waals surface area contributed by atoms with Gasteiger partial charge in [-0.1, -0.05) is 0 Å². The number of nitrogens with zero attached hydrogens (tertiary/aromatic N) is 4. The molecular weight excluding hydrogens is 309 g/mol. The molecule has 5 nitrogen and oxygen atoms in total. The molecule has 120 valence electrons. The number of rotatable bonds is 5. The average Bonchev–Trinajstić information content (AvgIpc) is 2.90. The SMILES string of the molecule is Cc1cc(C(F)(F)F)nc(NCC(C(F)F)n2cccn2)n1. The Morgan fingerprint density at radius 3 is 2.55 bits per heavy atom. The maximum atomic E-state index is 13.0. The Morgan fingerprint density at radius 1 is 1.27 bits per heavy atom. The van der Waals surface area contributed by atoms with Crippen LogP contribution >= 0.6 is 0 Å². The van der Waals surface area contributed by atoms with E-state index in [9.17, 15) is 22.0 Å². The van der Waals surface area contributed by atoms with Gasteiger partial charge >= 0.3 is 6.18 Å². The van der Waals surface area contributed by atoms with E-state index in [1.807, 2.05) is 0 Å². The van der Waals surface area contributed by atoms with Crippen molar-refractivity contribution in [1.82, 2.24) is 19.7 Å². The third kappa shape index (κ3) is 3.89. The molecule has 2 rings (SSSR count). The normalized spacial score (nSPS) is 13.4. The maximum Gasteiger partial charge on any atom is 0.433 e. The summed E-state index contributed by atoms with van der Waals surface area (Å²) in [4.78, 5) is 7.06. The van der Waals surface area contributed by atoms with Crippen molar-refractivity contribution in [2.75, 3.05) is 11.9 Å². The molecule has 2 aromatic heterocycles. The molecule has 1 atom stereocenters. The monoisotopic (exact) mass is 321 g/mol. The standard InChI is InChI=1S/C12H12F5N5/c1-7-5-9(12(15,16)17)21-11(20-7)18-6-8(10(13)14)22-4-2-3-19-22/h2-5,8,10H,6H2,1H3,(H,18,20,21). The molecule has 0 aliphatic carbocycles. The van der Waals surface area contributed by atoms with Crippen LogP contribution in [0.15, 0.2) is 24.5 Å². The van der Waals surface area contributed by atoms with Crippen LogP contribution in [0.5, 0.6) is 0 Å². The molecule has 0 aliphatic rings. The first-order valence-corrected chi connectivity index (χ1v) is 6.21. The molecule has 22 heavy (non-hydrogen) atoms. The number of alkyl halides is 5. The molecule has 2 heterocycles. The van der Waals surface area contributed by atoms with Crippen LogP contribution in [0.25, 0.3) is 0 Å². The lowest BCUT2D eigenvalue weighted by Gasteiger charge is -2.17. The molecule has 10 heteroatoms. The smallest absolute Gasteiger partial charge is 0.352 e. The first-order valence-electron chi connectivity index (χ1n) is 6.21. The summed E-state index contributed by atoms with van der Waals surface area (Å²) in [6.07, 6.45) is -4.70. The van der Waals surface area contributed by atoms with E-state index in [0.717, 1.165) is 10.7 Å². The molecule has 1 unspecified atom stereocenters. The van der Waals surface area contributed by atoms with Crippen LogP contribution < -0.4 is 5.32 Å². The van der Waals surface area contributed by atoms with Gasteiger partial charge in [0, 0.05) is 24.6 Å². The van der Waals surface area contributed by atoms with Crippen molar-refractivity contribution >= 4 is 5.95 Å². The predicted octanol–water partition coefficient (Wildman–Crippen LogP) is 2.92. The number of anilines is 1. The lowest BCUT2D eigenvalue weighted by molar-refractivity contribution is -0.141. The fourth-order valence-electron chi connectivity index (χ4n) is 1.76. The fourth-order valence-corrected chi connectivity index (χ4v) is 1.76. The summed E-state index contributed by atoms with van der Waals surface area (Å²) in [5.74, 6) is -0.356. The maximum absolute atomic E-state index is 13.0. The van der Waals surface area contributed by atoms with Crippen LogP contribution in [0.4, 0.5) is 27.9 Å². The summed E-state index contributed by atoms with van der Waals surface area (Å²) in [6, 6.07) is 0.914. The Hall–Kier alpha value is -2.26. The Bertz CT molecular complexity index is 611. The molecule has 0 saturated carbocycles. The molecule has 0 aromatic carbocycles. The topological polar surface area (TPSA) is 55.6 Å². The number of halogens is 5. The van der Waals surface area contributed by atoms with Crippen molar-refractivity contribution in [1.29, 1.82) is 0 Å². The molecule has 0 bridgehead atoms. The number of hydrogen-bond donors (Lipinski definition) is 1. The molecule has 0 saturated heterocycles. The minimum Gasteiger partial charge on any atom is -0.352 e. The Kier molecular flexibility index (Phi) is 4.57. The van der Waals surface area contributed by atoms with E-state index in [2.05, 4.69) is 20.4 Å². The molecule has 0 radical (unpaired) electrons. The van der Waals surface area contributed by atoms with Crippen molar-refractivity contribution in [3.8, 4) is 0 Å². The van der Waals surface area contributed by atoms with Gasteiger partial charge in [0.05, 0.1) is 0 Å². The van der Waals surface area contributed by atoms with Gasteiger partial charge < -0.3 is 5.32 Å². The van der Waals surface area contributed by atoms with Crippen LogP contribution in [0.2, 0.25) is 0 Å². The molecule has 1 N–H and O–H groups in total. The van der Waals surface area contributed by atoms with Crippen molar-refractivity contribution in [2.45, 2.75) is 25.6 Å². The van der Waals surface area contributed by atoms with E-state index in [0.29, 0.717) is 0 Å². The highest BCUT2D eigenvalue weighted by Crippen LogP contribution is 2.28. The second kappa shape index (κ2) is 6.24. The third-order valence-corrected chi connectivity index (χ3v) is 2.77. The Morgan fingerprint density at radius 2 is 2.00 bits per heavy atom. The highest BCUT2D eigenvalue weighted by atomic mass is 19.4. The van der Waals surface area contributed by atoms with Crippen LogP contribution in [0, 0.1) is 6.92 Å². The zero-order valence-electron chi connectivity index (χ0n) is 11.3. The van der Waals surface area contributed by atoms with Gasteiger partial charge in [-0.25, -0.2) is 18.7 Å². The summed E-state index contributed by atoms with van der Waals surface area (Å²) < 4.78 is 64.9. The number of hydrogen-bond acceptors (Lipinski definition) is 4. The predicted molar refractivity (Wildman–Crippen MR) is 67.5 cm³/mol. The minimum atomic E-state index is -4.63. The quantitative estimate of drug-likeness (QED) is 0.860. The zero-order chi connectivity index (χ0) is 16.3. The van der Waals surface area contributed by atoms with Crippen molar-refractivity contribution in [3.05, 3.63) is 35.9 Å². The fraction of sp³-hybridized carbons (Fsp3) is 0.417. The average molecular weight is 321 g/mol. The van der Waals surface area contributed by atoms with E-state index in [-0.39, 0.29) is 18.2 Å². The van der Waals surface area contributed by atoms with Gasteiger partial charge in [-0.15, -0.1) is 0 Å². The first-order chi connectivity index (χ1) is 10.3. The number of aryl methyl sites for hydroxylation is 1. The summed E-state index contributed by atoms with van der Waals surface area (Å²) >= 11 is 0. The summed E-state index contributed by atoms with van der Waals surface area (Å²) in [7, 11) is 0. The van der Waals surface area contributed by atoms with E-state index in [1.165, 1.54) is 25.4 Å². The summed E-state index contributed by atoms with van der Waals surface area (Å²) in [6.45, 7) is 1.00. The van der Waals surface area contributed by atoms with E-state index in [4.69, 9.17) is 0 Å². The van der Waals surface area contributed by atoms with Gasteiger partial charge in [-0.3, -0.25) is 4.68 Å². The lowest BCUT2D eigenvalue weighted by atomic mass is 10.3. The van der Waals surface area contributed by atoms with Crippen molar-refractivity contribution in [3.63, 3.8) is 0 Å². The zero-order valence-corrected chi connectivity index (χ0v) is 11.3. The summed E-state index contributed by atoms with van der Waals surface area (Å²) in [5, 5.41) is 6.10. The minimum absolute atomic E-state index is 0.0810. The van der Waals surface area contributed by atoms with Gasteiger partial charge in [0.25, 0.3) is 6.43 Å². The summed E-state index contributed by atoms with van der Waals surface area (Å²) in [5.41, 5.74) is -1.05. The van der Waals surface area contributed by atoms with E-state index >= 15 is 0 Å². The van der Waals surface area contributed by atoms with Gasteiger partial charge in [-0.2, -0.15) is 18.3 Å².